The maximum Gasteiger partial charge on any atom is 0.305 e. The van der Waals surface area contributed by atoms with Crippen LogP contribution in [0.3, 0.4) is 0 Å². The van der Waals surface area contributed by atoms with Crippen LogP contribution in [-0.2, 0) is 14.3 Å². The van der Waals surface area contributed by atoms with Crippen molar-refractivity contribution < 1.29 is 24.5 Å². The zero-order valence-electron chi connectivity index (χ0n) is 39.2. The van der Waals surface area contributed by atoms with Crippen molar-refractivity contribution in [1.82, 2.24) is 5.32 Å². The Morgan fingerprint density at radius 3 is 1.24 bits per heavy atom. The lowest BCUT2D eigenvalue weighted by Crippen LogP contribution is -2.45. The Morgan fingerprint density at radius 2 is 0.814 bits per heavy atom. The van der Waals surface area contributed by atoms with Gasteiger partial charge in [-0.15, -0.1) is 0 Å². The van der Waals surface area contributed by atoms with Gasteiger partial charge in [0.05, 0.1) is 25.4 Å². The zero-order valence-corrected chi connectivity index (χ0v) is 39.2. The van der Waals surface area contributed by atoms with Crippen molar-refractivity contribution >= 4 is 11.9 Å². The number of allylic oxidation sites excluding steroid dienone is 5. The SMILES string of the molecule is CCCCCCC/C=C\CCCCCCCC(=O)OCCCCCC/C=C\CCCC(=O)NC(CO)C(O)/C=C/CCCCCCCCCCCCCCCCCCC. The molecular formula is C53H99NO5. The van der Waals surface area contributed by atoms with E-state index in [1.807, 2.05) is 6.08 Å². The minimum Gasteiger partial charge on any atom is -0.466 e. The van der Waals surface area contributed by atoms with E-state index in [2.05, 4.69) is 43.5 Å². The van der Waals surface area contributed by atoms with E-state index in [0.717, 1.165) is 70.6 Å². The minimum absolute atomic E-state index is 0.0468. The maximum absolute atomic E-state index is 12.4. The number of ether oxygens (including phenoxy) is 1. The number of hydrogen-bond acceptors (Lipinski definition) is 5. The highest BCUT2D eigenvalue weighted by atomic mass is 16.5. The van der Waals surface area contributed by atoms with Gasteiger partial charge in [0.2, 0.25) is 5.91 Å². The van der Waals surface area contributed by atoms with Crippen LogP contribution in [-0.4, -0.2) is 47.4 Å². The molecule has 0 bridgehead atoms. The van der Waals surface area contributed by atoms with Crippen molar-refractivity contribution in [1.29, 1.82) is 0 Å². The third kappa shape index (κ3) is 45.4. The van der Waals surface area contributed by atoms with Crippen LogP contribution in [0.2, 0.25) is 0 Å². The zero-order chi connectivity index (χ0) is 43.0. The predicted octanol–water partition coefficient (Wildman–Crippen LogP) is 15.3. The number of esters is 1. The molecule has 0 aliphatic rings. The molecule has 0 spiro atoms. The van der Waals surface area contributed by atoms with Crippen LogP contribution in [0.1, 0.15) is 264 Å². The number of rotatable bonds is 47. The molecule has 0 aromatic carbocycles. The Balaban J connectivity index is 3.59. The summed E-state index contributed by atoms with van der Waals surface area (Å²) >= 11 is 0. The van der Waals surface area contributed by atoms with E-state index in [-0.39, 0.29) is 18.5 Å². The molecule has 2 unspecified atom stereocenters. The summed E-state index contributed by atoms with van der Waals surface area (Å²) in [6.07, 6.45) is 58.6. The van der Waals surface area contributed by atoms with Crippen LogP contribution in [0.25, 0.3) is 0 Å². The van der Waals surface area contributed by atoms with Crippen molar-refractivity contribution in [2.24, 2.45) is 0 Å². The van der Waals surface area contributed by atoms with Gasteiger partial charge in [0.15, 0.2) is 0 Å². The molecule has 59 heavy (non-hydrogen) atoms. The normalized spacial score (nSPS) is 12.9. The molecule has 0 rings (SSSR count). The first-order chi connectivity index (χ1) is 29.0. The van der Waals surface area contributed by atoms with Gasteiger partial charge in [-0.2, -0.15) is 0 Å². The van der Waals surface area contributed by atoms with Crippen molar-refractivity contribution in [3.8, 4) is 0 Å². The smallest absolute Gasteiger partial charge is 0.305 e. The standard InChI is InChI=1S/C53H99NO5/c1-3-5-7-9-11-13-15-17-19-20-21-22-23-24-26-29-33-37-41-45-51(56)50(49-55)54-52(57)46-42-38-34-30-28-32-36-40-44-48-59-53(58)47-43-39-35-31-27-25-18-16-14-12-10-8-6-4-2/h16,18,30,34,41,45,50-51,55-56H,3-15,17,19-29,31-33,35-40,42-44,46-49H2,1-2H3,(H,54,57)/b18-16-,34-30-,45-41+. The first kappa shape index (κ1) is 57.1. The Hall–Kier alpha value is -1.92. The van der Waals surface area contributed by atoms with Gasteiger partial charge in [-0.05, 0) is 77.0 Å². The fourth-order valence-corrected chi connectivity index (χ4v) is 7.63. The second-order valence-electron chi connectivity index (χ2n) is 17.5. The molecule has 0 aliphatic carbocycles. The third-order valence-corrected chi connectivity index (χ3v) is 11.6. The Bertz CT molecular complexity index is 962. The van der Waals surface area contributed by atoms with E-state index in [4.69, 9.17) is 4.74 Å². The van der Waals surface area contributed by atoms with Crippen LogP contribution in [0, 0.1) is 0 Å². The van der Waals surface area contributed by atoms with Gasteiger partial charge in [-0.1, -0.05) is 211 Å². The number of aliphatic hydroxyl groups is 2. The molecule has 346 valence electrons. The number of carbonyl (C=O) groups is 2. The van der Waals surface area contributed by atoms with E-state index in [1.165, 1.54) is 167 Å². The lowest BCUT2D eigenvalue weighted by Gasteiger charge is -2.19. The highest BCUT2D eigenvalue weighted by Crippen LogP contribution is 2.15. The predicted molar refractivity (Wildman–Crippen MR) is 255 cm³/mol. The van der Waals surface area contributed by atoms with E-state index in [1.54, 1.807) is 6.08 Å². The summed E-state index contributed by atoms with van der Waals surface area (Å²) in [5, 5.41) is 23.0. The molecule has 0 saturated heterocycles. The van der Waals surface area contributed by atoms with E-state index in [0.29, 0.717) is 19.4 Å². The summed E-state index contributed by atoms with van der Waals surface area (Å²) in [5.41, 5.74) is 0. The van der Waals surface area contributed by atoms with Gasteiger partial charge in [0.25, 0.3) is 0 Å². The number of carbonyl (C=O) groups excluding carboxylic acids is 2. The summed E-state index contributed by atoms with van der Waals surface area (Å²) in [5.74, 6) is -0.175. The largest absolute Gasteiger partial charge is 0.466 e. The second kappa shape index (κ2) is 48.7. The molecule has 1 amide bonds. The van der Waals surface area contributed by atoms with Crippen molar-refractivity contribution in [3.05, 3.63) is 36.5 Å². The second-order valence-corrected chi connectivity index (χ2v) is 17.5. The Morgan fingerprint density at radius 1 is 0.458 bits per heavy atom. The summed E-state index contributed by atoms with van der Waals surface area (Å²) in [6, 6.07) is -0.666. The van der Waals surface area contributed by atoms with E-state index in [9.17, 15) is 19.8 Å². The van der Waals surface area contributed by atoms with Gasteiger partial charge in [0, 0.05) is 12.8 Å². The average molecular weight is 830 g/mol. The summed E-state index contributed by atoms with van der Waals surface area (Å²) in [6.45, 7) is 4.80. The lowest BCUT2D eigenvalue weighted by atomic mass is 10.0. The number of unbranched alkanes of at least 4 members (excludes halogenated alkanes) is 32. The topological polar surface area (TPSA) is 95.9 Å². The van der Waals surface area contributed by atoms with Crippen LogP contribution in [0.5, 0.6) is 0 Å². The minimum atomic E-state index is -0.876. The van der Waals surface area contributed by atoms with Gasteiger partial charge in [-0.3, -0.25) is 9.59 Å². The van der Waals surface area contributed by atoms with E-state index < -0.39 is 12.1 Å². The van der Waals surface area contributed by atoms with Crippen molar-refractivity contribution in [3.63, 3.8) is 0 Å². The average Bonchev–Trinajstić information content (AvgIpc) is 3.24. The Kier molecular flexibility index (Phi) is 47.2. The molecule has 6 heteroatoms. The van der Waals surface area contributed by atoms with Crippen molar-refractivity contribution in [2.45, 2.75) is 276 Å². The summed E-state index contributed by atoms with van der Waals surface area (Å²) < 4.78 is 5.43. The highest BCUT2D eigenvalue weighted by Gasteiger charge is 2.17. The van der Waals surface area contributed by atoms with Crippen LogP contribution in [0.15, 0.2) is 36.5 Å². The van der Waals surface area contributed by atoms with Crippen molar-refractivity contribution in [2.75, 3.05) is 13.2 Å². The van der Waals surface area contributed by atoms with E-state index >= 15 is 0 Å². The number of amides is 1. The first-order valence-electron chi connectivity index (χ1n) is 25.8. The molecule has 2 atom stereocenters. The monoisotopic (exact) mass is 830 g/mol. The highest BCUT2D eigenvalue weighted by molar-refractivity contribution is 5.76. The molecule has 0 aliphatic heterocycles. The molecule has 3 N–H and O–H groups in total. The molecule has 0 heterocycles. The molecule has 0 fully saturated rings. The molecular weight excluding hydrogens is 731 g/mol. The fourth-order valence-electron chi connectivity index (χ4n) is 7.63. The lowest BCUT2D eigenvalue weighted by molar-refractivity contribution is -0.143. The summed E-state index contributed by atoms with van der Waals surface area (Å²) in [7, 11) is 0. The quantitative estimate of drug-likeness (QED) is 0.0323. The van der Waals surface area contributed by atoms with Gasteiger partial charge in [0.1, 0.15) is 0 Å². The number of hydrogen-bond donors (Lipinski definition) is 3. The molecule has 0 radical (unpaired) electrons. The van der Waals surface area contributed by atoms with Crippen LogP contribution in [0.4, 0.5) is 0 Å². The fraction of sp³-hybridized carbons (Fsp3) is 0.849. The number of aliphatic hydroxyl groups excluding tert-OH is 2. The van der Waals surface area contributed by atoms with Gasteiger partial charge in [-0.25, -0.2) is 0 Å². The van der Waals surface area contributed by atoms with Gasteiger partial charge < -0.3 is 20.3 Å². The Labute approximate surface area is 366 Å². The van der Waals surface area contributed by atoms with Gasteiger partial charge >= 0.3 is 5.97 Å². The molecule has 6 nitrogen and oxygen atoms in total. The first-order valence-corrected chi connectivity index (χ1v) is 25.8. The molecule has 0 aromatic rings. The van der Waals surface area contributed by atoms with Crippen LogP contribution < -0.4 is 5.32 Å². The third-order valence-electron chi connectivity index (χ3n) is 11.6. The van der Waals surface area contributed by atoms with Crippen LogP contribution >= 0.6 is 0 Å². The molecule has 0 aromatic heterocycles. The summed E-state index contributed by atoms with van der Waals surface area (Å²) in [4.78, 5) is 24.4. The maximum atomic E-state index is 12.4. The molecule has 0 saturated carbocycles. The number of nitrogens with one attached hydrogen (secondary N) is 1.